The Morgan fingerprint density at radius 1 is 1.67 bits per heavy atom. The molecule has 1 atom stereocenters. The summed E-state index contributed by atoms with van der Waals surface area (Å²) in [5, 5.41) is 0. The first-order chi connectivity index (χ1) is 4.22. The fourth-order valence-corrected chi connectivity index (χ4v) is 0.399. The second kappa shape index (κ2) is 4.30. The van der Waals surface area contributed by atoms with Gasteiger partial charge in [0, 0.05) is 0 Å². The fraction of sp³-hybridized carbons (Fsp3) is 0.833. The van der Waals surface area contributed by atoms with Crippen molar-refractivity contribution < 1.29 is 13.9 Å². The molecule has 0 aromatic carbocycles. The number of rotatable bonds is 3. The minimum atomic E-state index is -1.44. The van der Waals surface area contributed by atoms with Crippen LogP contribution in [0.15, 0.2) is 0 Å². The van der Waals surface area contributed by atoms with Gasteiger partial charge in [-0.3, -0.25) is 0 Å². The molecule has 0 radical (unpaired) electrons. The number of halogens is 1. The largest absolute Gasteiger partial charge is 0.464 e. The lowest BCUT2D eigenvalue weighted by molar-refractivity contribution is -0.149. The zero-order valence-corrected chi connectivity index (χ0v) is 5.69. The van der Waals surface area contributed by atoms with Gasteiger partial charge < -0.3 is 4.74 Å². The Bertz CT molecular complexity index is 93.1. The molecule has 0 amide bonds. The Hall–Kier alpha value is -0.600. The highest BCUT2D eigenvalue weighted by molar-refractivity contribution is 5.74. The Morgan fingerprint density at radius 3 is 2.56 bits per heavy atom. The molecule has 3 heteroatoms. The quantitative estimate of drug-likeness (QED) is 0.544. The SMILES string of the molecule is CCOC(=O)C(F)CC. The van der Waals surface area contributed by atoms with E-state index in [9.17, 15) is 9.18 Å². The van der Waals surface area contributed by atoms with E-state index in [1.807, 2.05) is 0 Å². The van der Waals surface area contributed by atoms with Crippen molar-refractivity contribution in [2.75, 3.05) is 6.61 Å². The second-order valence-corrected chi connectivity index (χ2v) is 1.63. The first-order valence-electron chi connectivity index (χ1n) is 3.03. The molecule has 54 valence electrons. The van der Waals surface area contributed by atoms with Gasteiger partial charge in [0.05, 0.1) is 6.61 Å². The van der Waals surface area contributed by atoms with Crippen LogP contribution in [-0.2, 0) is 9.53 Å². The van der Waals surface area contributed by atoms with Crippen LogP contribution in [0.2, 0.25) is 0 Å². The fourth-order valence-electron chi connectivity index (χ4n) is 0.399. The normalized spacial score (nSPS) is 12.8. The lowest BCUT2D eigenvalue weighted by atomic mass is 10.3. The molecule has 1 unspecified atom stereocenters. The summed E-state index contributed by atoms with van der Waals surface area (Å²) in [6.45, 7) is 3.50. The first-order valence-corrected chi connectivity index (χ1v) is 3.03. The molecule has 0 heterocycles. The number of hydrogen-bond donors (Lipinski definition) is 0. The van der Waals surface area contributed by atoms with Gasteiger partial charge in [0.2, 0.25) is 0 Å². The van der Waals surface area contributed by atoms with Gasteiger partial charge >= 0.3 is 5.97 Å². The number of carbonyl (C=O) groups excluding carboxylic acids is 1. The summed E-state index contributed by atoms with van der Waals surface area (Å²) >= 11 is 0. The van der Waals surface area contributed by atoms with Gasteiger partial charge in [0.15, 0.2) is 6.17 Å². The maximum absolute atomic E-state index is 12.2. The summed E-state index contributed by atoms with van der Waals surface area (Å²) < 4.78 is 16.6. The minimum Gasteiger partial charge on any atom is -0.464 e. The van der Waals surface area contributed by atoms with Gasteiger partial charge in [-0.25, -0.2) is 9.18 Å². The Balaban J connectivity index is 3.46. The summed E-state index contributed by atoms with van der Waals surface area (Å²) in [6, 6.07) is 0. The monoisotopic (exact) mass is 134 g/mol. The topological polar surface area (TPSA) is 26.3 Å². The number of alkyl halides is 1. The highest BCUT2D eigenvalue weighted by Gasteiger charge is 2.14. The van der Waals surface area contributed by atoms with Crippen molar-refractivity contribution in [1.29, 1.82) is 0 Å². The average Bonchev–Trinajstić information content (AvgIpc) is 1.87. The lowest BCUT2D eigenvalue weighted by Crippen LogP contribution is -2.17. The van der Waals surface area contributed by atoms with E-state index in [-0.39, 0.29) is 13.0 Å². The van der Waals surface area contributed by atoms with E-state index in [4.69, 9.17) is 0 Å². The first kappa shape index (κ1) is 8.40. The molecular weight excluding hydrogens is 123 g/mol. The van der Waals surface area contributed by atoms with Gasteiger partial charge in [0.25, 0.3) is 0 Å². The predicted molar refractivity (Wildman–Crippen MR) is 31.8 cm³/mol. The van der Waals surface area contributed by atoms with Crippen molar-refractivity contribution in [1.82, 2.24) is 0 Å². The number of hydrogen-bond acceptors (Lipinski definition) is 2. The summed E-state index contributed by atoms with van der Waals surface area (Å²) in [6.07, 6.45) is -1.25. The van der Waals surface area contributed by atoms with Gasteiger partial charge in [-0.05, 0) is 13.3 Å². The number of carbonyl (C=O) groups is 1. The Kier molecular flexibility index (Phi) is 4.01. The van der Waals surface area contributed by atoms with Crippen LogP contribution in [0.25, 0.3) is 0 Å². The van der Waals surface area contributed by atoms with Crippen LogP contribution in [0.1, 0.15) is 20.3 Å². The molecule has 0 saturated carbocycles. The second-order valence-electron chi connectivity index (χ2n) is 1.63. The van der Waals surface area contributed by atoms with Crippen molar-refractivity contribution >= 4 is 5.97 Å². The van der Waals surface area contributed by atoms with Gasteiger partial charge in [-0.2, -0.15) is 0 Å². The molecule has 0 bridgehead atoms. The Labute approximate surface area is 54.0 Å². The van der Waals surface area contributed by atoms with Crippen molar-refractivity contribution in [3.63, 3.8) is 0 Å². The van der Waals surface area contributed by atoms with Crippen molar-refractivity contribution in [3.05, 3.63) is 0 Å². The summed E-state index contributed by atoms with van der Waals surface area (Å²) in [4.78, 5) is 10.4. The van der Waals surface area contributed by atoms with Crippen LogP contribution in [-0.4, -0.2) is 18.7 Å². The molecule has 9 heavy (non-hydrogen) atoms. The third kappa shape index (κ3) is 3.06. The molecule has 0 aliphatic rings. The molecule has 0 aliphatic carbocycles. The third-order valence-corrected chi connectivity index (χ3v) is 0.901. The Morgan fingerprint density at radius 2 is 2.22 bits per heavy atom. The molecule has 0 aliphatic heterocycles. The maximum Gasteiger partial charge on any atom is 0.340 e. The molecule has 0 aromatic heterocycles. The third-order valence-electron chi connectivity index (χ3n) is 0.901. The maximum atomic E-state index is 12.2. The van der Waals surface area contributed by atoms with Gasteiger partial charge in [-0.15, -0.1) is 0 Å². The molecular formula is C6H11FO2. The van der Waals surface area contributed by atoms with E-state index in [1.54, 1.807) is 13.8 Å². The van der Waals surface area contributed by atoms with E-state index < -0.39 is 12.1 Å². The van der Waals surface area contributed by atoms with Crippen molar-refractivity contribution in [2.45, 2.75) is 26.4 Å². The smallest absolute Gasteiger partial charge is 0.340 e. The molecule has 0 spiro atoms. The average molecular weight is 134 g/mol. The highest BCUT2D eigenvalue weighted by Crippen LogP contribution is 1.98. The van der Waals surface area contributed by atoms with Crippen LogP contribution in [0.5, 0.6) is 0 Å². The predicted octanol–water partition coefficient (Wildman–Crippen LogP) is 1.30. The summed E-state index contributed by atoms with van der Waals surface area (Å²) in [5.74, 6) is -0.750. The van der Waals surface area contributed by atoms with Crippen LogP contribution >= 0.6 is 0 Å². The molecule has 0 N–H and O–H groups in total. The van der Waals surface area contributed by atoms with E-state index in [0.29, 0.717) is 0 Å². The molecule has 2 nitrogen and oxygen atoms in total. The van der Waals surface area contributed by atoms with Crippen LogP contribution < -0.4 is 0 Å². The molecule has 0 fully saturated rings. The van der Waals surface area contributed by atoms with Crippen LogP contribution in [0.4, 0.5) is 4.39 Å². The van der Waals surface area contributed by atoms with Crippen molar-refractivity contribution in [2.24, 2.45) is 0 Å². The highest BCUT2D eigenvalue weighted by atomic mass is 19.1. The van der Waals surface area contributed by atoms with Crippen LogP contribution in [0, 0.1) is 0 Å². The zero-order valence-electron chi connectivity index (χ0n) is 5.69. The van der Waals surface area contributed by atoms with E-state index in [2.05, 4.69) is 4.74 Å². The van der Waals surface area contributed by atoms with Gasteiger partial charge in [0.1, 0.15) is 0 Å². The summed E-state index contributed by atoms with van der Waals surface area (Å²) in [7, 11) is 0. The molecule has 0 aromatic rings. The standard InChI is InChI=1S/C6H11FO2/c1-3-5(7)6(8)9-4-2/h5H,3-4H2,1-2H3. The van der Waals surface area contributed by atoms with Crippen LogP contribution in [0.3, 0.4) is 0 Å². The van der Waals surface area contributed by atoms with Gasteiger partial charge in [-0.1, -0.05) is 6.92 Å². The molecule has 0 saturated heterocycles. The summed E-state index contributed by atoms with van der Waals surface area (Å²) in [5.41, 5.74) is 0. The number of ether oxygens (including phenoxy) is 1. The zero-order chi connectivity index (χ0) is 7.28. The lowest BCUT2D eigenvalue weighted by Gasteiger charge is -2.02. The van der Waals surface area contributed by atoms with Crippen molar-refractivity contribution in [3.8, 4) is 0 Å². The number of esters is 1. The molecule has 0 rings (SSSR count). The van der Waals surface area contributed by atoms with E-state index in [0.717, 1.165) is 0 Å². The van der Waals surface area contributed by atoms with E-state index >= 15 is 0 Å². The van der Waals surface area contributed by atoms with E-state index in [1.165, 1.54) is 0 Å². The minimum absolute atomic E-state index is 0.193.